The molecule has 1 saturated heterocycles. The van der Waals surface area contributed by atoms with E-state index < -0.39 is 0 Å². The minimum Gasteiger partial charge on any atom is -0.378 e. The minimum atomic E-state index is -0.151. The highest BCUT2D eigenvalue weighted by atomic mass is 16.5. The molecule has 1 aliphatic heterocycles. The van der Waals surface area contributed by atoms with Crippen molar-refractivity contribution in [2.24, 2.45) is 0 Å². The van der Waals surface area contributed by atoms with Gasteiger partial charge in [0.1, 0.15) is 11.9 Å². The van der Waals surface area contributed by atoms with E-state index in [-0.39, 0.29) is 6.10 Å². The van der Waals surface area contributed by atoms with Crippen LogP contribution in [-0.4, -0.2) is 53.2 Å². The zero-order valence-electron chi connectivity index (χ0n) is 19.2. The Kier molecular flexibility index (Phi) is 8.14. The number of benzene rings is 1. The topological polar surface area (TPSA) is 65.3 Å². The first-order valence-corrected chi connectivity index (χ1v) is 11.1. The van der Waals surface area contributed by atoms with Crippen LogP contribution < -0.4 is 4.90 Å². The van der Waals surface area contributed by atoms with E-state index in [1.54, 1.807) is 7.11 Å². The van der Waals surface area contributed by atoms with Crippen molar-refractivity contribution in [3.8, 4) is 17.1 Å². The van der Waals surface area contributed by atoms with Crippen LogP contribution in [0.5, 0.6) is 0 Å². The van der Waals surface area contributed by atoms with Gasteiger partial charge in [-0.3, -0.25) is 0 Å². The Labute approximate surface area is 185 Å². The van der Waals surface area contributed by atoms with Gasteiger partial charge in [0.25, 0.3) is 0 Å². The van der Waals surface area contributed by atoms with Crippen molar-refractivity contribution in [1.29, 1.82) is 0 Å². The number of hydrogen-bond donors (Lipinski definition) is 0. The van der Waals surface area contributed by atoms with Crippen LogP contribution in [0, 0.1) is 6.92 Å². The van der Waals surface area contributed by atoms with Gasteiger partial charge in [-0.15, -0.1) is 0 Å². The van der Waals surface area contributed by atoms with E-state index in [1.165, 1.54) is 5.56 Å². The fourth-order valence-corrected chi connectivity index (χ4v) is 3.52. The molecule has 0 N–H and O–H groups in total. The monoisotopic (exact) mass is 423 g/mol. The summed E-state index contributed by atoms with van der Waals surface area (Å²) in [6, 6.07) is 12.3. The molecule has 0 spiro atoms. The molecule has 1 aliphatic rings. The number of rotatable bonds is 6. The molecular weight excluding hydrogens is 390 g/mol. The van der Waals surface area contributed by atoms with Gasteiger partial charge >= 0.3 is 0 Å². The number of methoxy groups -OCH3 is 1. The summed E-state index contributed by atoms with van der Waals surface area (Å²) in [4.78, 5) is 11.8. The summed E-state index contributed by atoms with van der Waals surface area (Å²) in [7, 11) is 1.70. The summed E-state index contributed by atoms with van der Waals surface area (Å²) in [5, 5.41) is 4.77. The molecule has 1 unspecified atom stereocenters. The molecule has 0 aliphatic carbocycles. The van der Waals surface area contributed by atoms with Crippen molar-refractivity contribution in [3.05, 3.63) is 54.0 Å². The lowest BCUT2D eigenvalue weighted by atomic mass is 10.1. The molecule has 3 aromatic rings. The predicted molar refractivity (Wildman–Crippen MR) is 124 cm³/mol. The Morgan fingerprint density at radius 3 is 2.48 bits per heavy atom. The maximum absolute atomic E-state index is 5.61. The standard InChI is InChI=1S/C22H27N5O2.C2H6/c1-4-19(28-3)22-23-20(26-10-12-29-13-11-26)15-21(24-22)27-9-8-18(25-27)17-7-5-6-16(2)14-17;1-2/h5-9,14-15,19H,4,10-13H2,1-3H3;1-2H3. The van der Waals surface area contributed by atoms with Gasteiger partial charge < -0.3 is 14.4 Å². The van der Waals surface area contributed by atoms with Crippen LogP contribution in [-0.2, 0) is 9.47 Å². The van der Waals surface area contributed by atoms with Crippen molar-refractivity contribution < 1.29 is 9.47 Å². The third kappa shape index (κ3) is 5.48. The lowest BCUT2D eigenvalue weighted by Crippen LogP contribution is -2.37. The smallest absolute Gasteiger partial charge is 0.161 e. The van der Waals surface area contributed by atoms with Crippen LogP contribution >= 0.6 is 0 Å². The average Bonchev–Trinajstić information content (AvgIpc) is 3.32. The first-order valence-electron chi connectivity index (χ1n) is 11.1. The van der Waals surface area contributed by atoms with E-state index in [4.69, 9.17) is 24.5 Å². The SMILES string of the molecule is CC.CCC(OC)c1nc(N2CCOCC2)cc(-n2ccc(-c3cccc(C)c3)n2)n1. The molecule has 1 fully saturated rings. The molecule has 7 heteroatoms. The first-order chi connectivity index (χ1) is 15.2. The molecule has 31 heavy (non-hydrogen) atoms. The summed E-state index contributed by atoms with van der Waals surface area (Å²) in [6.07, 6.45) is 2.60. The largest absolute Gasteiger partial charge is 0.378 e. The third-order valence-corrected chi connectivity index (χ3v) is 5.13. The van der Waals surface area contributed by atoms with Crippen molar-refractivity contribution in [2.45, 2.75) is 40.2 Å². The van der Waals surface area contributed by atoms with Crippen LogP contribution in [0.25, 0.3) is 17.1 Å². The summed E-state index contributed by atoms with van der Waals surface area (Å²) >= 11 is 0. The summed E-state index contributed by atoms with van der Waals surface area (Å²) in [5.41, 5.74) is 3.22. The number of hydrogen-bond acceptors (Lipinski definition) is 6. The summed E-state index contributed by atoms with van der Waals surface area (Å²) in [6.45, 7) is 11.2. The van der Waals surface area contributed by atoms with Crippen molar-refractivity contribution in [3.63, 3.8) is 0 Å². The van der Waals surface area contributed by atoms with Crippen LogP contribution in [0.4, 0.5) is 5.82 Å². The quantitative estimate of drug-likeness (QED) is 0.577. The molecule has 0 radical (unpaired) electrons. The van der Waals surface area contributed by atoms with Gasteiger partial charge in [-0.05, 0) is 25.5 Å². The fourth-order valence-electron chi connectivity index (χ4n) is 3.52. The minimum absolute atomic E-state index is 0.151. The number of ether oxygens (including phenoxy) is 2. The number of anilines is 1. The maximum atomic E-state index is 5.61. The van der Waals surface area contributed by atoms with E-state index in [2.05, 4.69) is 36.9 Å². The second-order valence-corrected chi connectivity index (χ2v) is 7.19. The van der Waals surface area contributed by atoms with Crippen molar-refractivity contribution in [2.75, 3.05) is 38.3 Å². The molecule has 1 aromatic carbocycles. The number of aryl methyl sites for hydroxylation is 1. The lowest BCUT2D eigenvalue weighted by molar-refractivity contribution is 0.0923. The molecule has 3 heterocycles. The molecule has 2 aromatic heterocycles. The Morgan fingerprint density at radius 1 is 1.06 bits per heavy atom. The first kappa shape index (κ1) is 22.9. The second-order valence-electron chi connectivity index (χ2n) is 7.19. The normalized spacial score (nSPS) is 14.7. The van der Waals surface area contributed by atoms with E-state index in [1.807, 2.05) is 42.9 Å². The van der Waals surface area contributed by atoms with Crippen LogP contribution in [0.2, 0.25) is 0 Å². The zero-order valence-corrected chi connectivity index (χ0v) is 19.2. The van der Waals surface area contributed by atoms with E-state index in [0.717, 1.165) is 42.4 Å². The van der Waals surface area contributed by atoms with Gasteiger partial charge in [-0.1, -0.05) is 44.5 Å². The molecule has 166 valence electrons. The number of morpholine rings is 1. The molecule has 0 saturated carbocycles. The van der Waals surface area contributed by atoms with Gasteiger partial charge in [-0.25, -0.2) is 14.6 Å². The van der Waals surface area contributed by atoms with E-state index in [9.17, 15) is 0 Å². The van der Waals surface area contributed by atoms with E-state index in [0.29, 0.717) is 19.0 Å². The highest BCUT2D eigenvalue weighted by molar-refractivity contribution is 5.60. The van der Waals surface area contributed by atoms with E-state index >= 15 is 0 Å². The molecular formula is C24H33N5O2. The van der Waals surface area contributed by atoms with Gasteiger partial charge in [0, 0.05) is 38.0 Å². The molecule has 7 nitrogen and oxygen atoms in total. The van der Waals surface area contributed by atoms with Crippen LogP contribution in [0.3, 0.4) is 0 Å². The van der Waals surface area contributed by atoms with Crippen molar-refractivity contribution in [1.82, 2.24) is 19.7 Å². The van der Waals surface area contributed by atoms with Gasteiger partial charge in [0.05, 0.1) is 18.9 Å². The van der Waals surface area contributed by atoms with Crippen molar-refractivity contribution >= 4 is 5.82 Å². The molecule has 0 bridgehead atoms. The van der Waals surface area contributed by atoms with Crippen LogP contribution in [0.1, 0.15) is 44.7 Å². The predicted octanol–water partition coefficient (Wildman–Crippen LogP) is 4.60. The molecule has 0 amide bonds. The van der Waals surface area contributed by atoms with Gasteiger partial charge in [0.2, 0.25) is 0 Å². The number of aromatic nitrogens is 4. The average molecular weight is 424 g/mol. The molecule has 4 rings (SSSR count). The second kappa shape index (κ2) is 11.0. The highest BCUT2D eigenvalue weighted by Gasteiger charge is 2.20. The Hall–Kier alpha value is -2.77. The third-order valence-electron chi connectivity index (χ3n) is 5.13. The fraction of sp³-hybridized carbons (Fsp3) is 0.458. The Bertz CT molecular complexity index is 962. The zero-order chi connectivity index (χ0) is 22.2. The maximum Gasteiger partial charge on any atom is 0.161 e. The summed E-state index contributed by atoms with van der Waals surface area (Å²) < 4.78 is 12.9. The highest BCUT2D eigenvalue weighted by Crippen LogP contribution is 2.24. The van der Waals surface area contributed by atoms with Gasteiger partial charge in [-0.2, -0.15) is 5.10 Å². The summed E-state index contributed by atoms with van der Waals surface area (Å²) in [5.74, 6) is 2.31. The molecule has 1 atom stereocenters. The van der Waals surface area contributed by atoms with Gasteiger partial charge in [0.15, 0.2) is 11.6 Å². The lowest BCUT2D eigenvalue weighted by Gasteiger charge is -2.28. The number of nitrogens with zero attached hydrogens (tertiary/aromatic N) is 5. The Morgan fingerprint density at radius 2 is 1.81 bits per heavy atom. The Balaban J connectivity index is 0.00000132. The van der Waals surface area contributed by atoms with Crippen LogP contribution in [0.15, 0.2) is 42.6 Å².